The van der Waals surface area contributed by atoms with Crippen LogP contribution in [0.5, 0.6) is 5.75 Å². The minimum absolute atomic E-state index is 0.0794. The number of aryl methyl sites for hydroxylation is 1. The Bertz CT molecular complexity index is 1240. The lowest BCUT2D eigenvalue weighted by molar-refractivity contribution is -0.115. The summed E-state index contributed by atoms with van der Waals surface area (Å²) in [6.45, 7) is 2.60. The number of anilines is 2. The molecule has 0 aliphatic carbocycles. The highest BCUT2D eigenvalue weighted by molar-refractivity contribution is 7.99. The molecule has 1 heterocycles. The molecular weight excluding hydrogens is 446 g/mol. The van der Waals surface area contributed by atoms with Gasteiger partial charge in [0.15, 0.2) is 11.0 Å². The summed E-state index contributed by atoms with van der Waals surface area (Å²) >= 11 is 1.51. The van der Waals surface area contributed by atoms with Crippen molar-refractivity contribution in [2.24, 2.45) is 0 Å². The van der Waals surface area contributed by atoms with Crippen LogP contribution in [-0.4, -0.2) is 33.5 Å². The van der Waals surface area contributed by atoms with Crippen LogP contribution in [0, 0.1) is 6.92 Å². The first-order valence-electron chi connectivity index (χ1n) is 11.0. The van der Waals surface area contributed by atoms with E-state index < -0.39 is 0 Å². The van der Waals surface area contributed by atoms with Crippen molar-refractivity contribution in [3.63, 3.8) is 0 Å². The normalized spacial score (nSPS) is 10.6. The molecule has 0 saturated heterocycles. The number of thioether (sulfide) groups is 1. The van der Waals surface area contributed by atoms with Gasteiger partial charge in [-0.05, 0) is 42.8 Å². The molecule has 3 aromatic carbocycles. The van der Waals surface area contributed by atoms with E-state index in [-0.39, 0.29) is 5.91 Å². The summed E-state index contributed by atoms with van der Waals surface area (Å²) in [4.78, 5) is 12.5. The van der Waals surface area contributed by atoms with Gasteiger partial charge in [0.2, 0.25) is 5.91 Å². The van der Waals surface area contributed by atoms with Crippen molar-refractivity contribution in [3.8, 4) is 11.4 Å². The van der Waals surface area contributed by atoms with Gasteiger partial charge in [-0.1, -0.05) is 60.3 Å². The highest BCUT2D eigenvalue weighted by Gasteiger charge is 2.15. The van der Waals surface area contributed by atoms with E-state index in [1.54, 1.807) is 7.11 Å². The maximum Gasteiger partial charge on any atom is 0.225 e. The standard InChI is InChI=1S/C26H27N5O2S/c1-19-10-6-7-13-21(19)27-18-24-29-30-26(31(24)20-11-4-3-5-12-20)34-17-16-25(32)28-22-14-8-9-15-23(22)33-2/h3-15,27H,16-18H2,1-2H3,(H,28,32). The number of nitrogens with zero attached hydrogens (tertiary/aromatic N) is 3. The molecule has 34 heavy (non-hydrogen) atoms. The van der Waals surface area contributed by atoms with Gasteiger partial charge in [0.05, 0.1) is 19.3 Å². The molecule has 8 heteroatoms. The van der Waals surface area contributed by atoms with Crippen molar-refractivity contribution in [3.05, 3.63) is 90.3 Å². The van der Waals surface area contributed by atoms with Crippen molar-refractivity contribution >= 4 is 29.0 Å². The number of carbonyl (C=O) groups is 1. The average Bonchev–Trinajstić information content (AvgIpc) is 3.27. The second-order valence-corrected chi connectivity index (χ2v) is 8.65. The second-order valence-electron chi connectivity index (χ2n) is 7.59. The van der Waals surface area contributed by atoms with Crippen LogP contribution in [0.4, 0.5) is 11.4 Å². The van der Waals surface area contributed by atoms with E-state index in [9.17, 15) is 4.79 Å². The van der Waals surface area contributed by atoms with E-state index in [4.69, 9.17) is 4.74 Å². The fraction of sp³-hybridized carbons (Fsp3) is 0.192. The van der Waals surface area contributed by atoms with E-state index >= 15 is 0 Å². The van der Waals surface area contributed by atoms with Crippen LogP contribution >= 0.6 is 11.8 Å². The van der Waals surface area contributed by atoms with Crippen LogP contribution in [0.15, 0.2) is 84.0 Å². The third-order valence-corrected chi connectivity index (χ3v) is 6.17. The largest absolute Gasteiger partial charge is 0.495 e. The van der Waals surface area contributed by atoms with Crippen molar-refractivity contribution in [1.82, 2.24) is 14.8 Å². The lowest BCUT2D eigenvalue weighted by atomic mass is 10.2. The van der Waals surface area contributed by atoms with Crippen molar-refractivity contribution in [2.75, 3.05) is 23.5 Å². The molecule has 0 bridgehead atoms. The number of ether oxygens (including phenoxy) is 1. The third kappa shape index (κ3) is 5.77. The number of aromatic nitrogens is 3. The number of rotatable bonds is 10. The van der Waals surface area contributed by atoms with Crippen LogP contribution in [0.1, 0.15) is 17.8 Å². The maximum atomic E-state index is 12.5. The Kier molecular flexibility index (Phi) is 7.83. The predicted molar refractivity (Wildman–Crippen MR) is 137 cm³/mol. The minimum atomic E-state index is -0.0794. The quantitative estimate of drug-likeness (QED) is 0.304. The molecule has 0 spiro atoms. The van der Waals surface area contributed by atoms with Gasteiger partial charge in [0.25, 0.3) is 0 Å². The number of carbonyl (C=O) groups excluding carboxylic acids is 1. The van der Waals surface area contributed by atoms with Crippen molar-refractivity contribution < 1.29 is 9.53 Å². The molecule has 0 fully saturated rings. The molecule has 0 atom stereocenters. The fourth-order valence-electron chi connectivity index (χ4n) is 3.49. The number of nitrogens with one attached hydrogen (secondary N) is 2. The van der Waals surface area contributed by atoms with Crippen LogP contribution in [0.2, 0.25) is 0 Å². The summed E-state index contributed by atoms with van der Waals surface area (Å²) in [6.07, 6.45) is 0.334. The highest BCUT2D eigenvalue weighted by atomic mass is 32.2. The molecule has 0 aliphatic rings. The summed E-state index contributed by atoms with van der Waals surface area (Å²) in [7, 11) is 1.59. The van der Waals surface area contributed by atoms with Gasteiger partial charge in [-0.3, -0.25) is 9.36 Å². The van der Waals surface area contributed by atoms with E-state index in [0.717, 1.165) is 22.4 Å². The van der Waals surface area contributed by atoms with Crippen LogP contribution < -0.4 is 15.4 Å². The first kappa shape index (κ1) is 23.4. The van der Waals surface area contributed by atoms with Gasteiger partial charge in [-0.2, -0.15) is 0 Å². The zero-order valence-electron chi connectivity index (χ0n) is 19.2. The summed E-state index contributed by atoms with van der Waals surface area (Å²) < 4.78 is 7.34. The summed E-state index contributed by atoms with van der Waals surface area (Å²) in [6, 6.07) is 25.5. The van der Waals surface area contributed by atoms with E-state index in [1.807, 2.05) is 71.3 Å². The molecule has 0 radical (unpaired) electrons. The molecule has 0 unspecified atom stereocenters. The van der Waals surface area contributed by atoms with Crippen LogP contribution in [0.25, 0.3) is 5.69 Å². The molecule has 2 N–H and O–H groups in total. The number of methoxy groups -OCH3 is 1. The Hall–Kier alpha value is -3.78. The molecule has 1 aromatic heterocycles. The van der Waals surface area contributed by atoms with Gasteiger partial charge in [-0.15, -0.1) is 10.2 Å². The van der Waals surface area contributed by atoms with Gasteiger partial charge in [-0.25, -0.2) is 0 Å². The Morgan fingerprint density at radius 1 is 0.941 bits per heavy atom. The lowest BCUT2D eigenvalue weighted by Gasteiger charge is -2.12. The van der Waals surface area contributed by atoms with E-state index in [2.05, 4.69) is 39.9 Å². The van der Waals surface area contributed by atoms with Crippen molar-refractivity contribution in [2.45, 2.75) is 25.0 Å². The van der Waals surface area contributed by atoms with Gasteiger partial charge < -0.3 is 15.4 Å². The molecule has 174 valence electrons. The molecule has 0 saturated carbocycles. The van der Waals surface area contributed by atoms with Gasteiger partial charge in [0.1, 0.15) is 5.75 Å². The monoisotopic (exact) mass is 473 g/mol. The van der Waals surface area contributed by atoms with Crippen LogP contribution in [0.3, 0.4) is 0 Å². The average molecular weight is 474 g/mol. The molecule has 4 rings (SSSR count). The number of amides is 1. The SMILES string of the molecule is COc1ccccc1NC(=O)CCSc1nnc(CNc2ccccc2C)n1-c1ccccc1. The summed E-state index contributed by atoms with van der Waals surface area (Å²) in [5.74, 6) is 1.93. The molecule has 1 amide bonds. The highest BCUT2D eigenvalue weighted by Crippen LogP contribution is 2.25. The number of benzene rings is 3. The van der Waals surface area contributed by atoms with Crippen LogP contribution in [-0.2, 0) is 11.3 Å². The van der Waals surface area contributed by atoms with Crippen molar-refractivity contribution in [1.29, 1.82) is 0 Å². The Morgan fingerprint density at radius 2 is 1.65 bits per heavy atom. The maximum absolute atomic E-state index is 12.5. The van der Waals surface area contributed by atoms with E-state index in [1.165, 1.54) is 17.3 Å². The number of hydrogen-bond donors (Lipinski definition) is 2. The lowest BCUT2D eigenvalue weighted by Crippen LogP contribution is -2.13. The molecule has 7 nitrogen and oxygen atoms in total. The zero-order chi connectivity index (χ0) is 23.8. The predicted octanol–water partition coefficient (Wildman–Crippen LogP) is 5.32. The number of hydrogen-bond acceptors (Lipinski definition) is 6. The number of para-hydroxylation sites is 4. The topological polar surface area (TPSA) is 81.1 Å². The molecule has 0 aliphatic heterocycles. The first-order chi connectivity index (χ1) is 16.7. The van der Waals surface area contributed by atoms with Gasteiger partial charge >= 0.3 is 0 Å². The zero-order valence-corrected chi connectivity index (χ0v) is 20.0. The fourth-order valence-corrected chi connectivity index (χ4v) is 4.39. The smallest absolute Gasteiger partial charge is 0.225 e. The van der Waals surface area contributed by atoms with Gasteiger partial charge in [0, 0.05) is 23.5 Å². The third-order valence-electron chi connectivity index (χ3n) is 5.24. The second kappa shape index (κ2) is 11.4. The Labute approximate surface area is 203 Å². The minimum Gasteiger partial charge on any atom is -0.495 e. The molecular formula is C26H27N5O2S. The summed E-state index contributed by atoms with van der Waals surface area (Å²) in [5, 5.41) is 16.0. The summed E-state index contributed by atoms with van der Waals surface area (Å²) in [5.41, 5.74) is 3.88. The first-order valence-corrected chi connectivity index (χ1v) is 12.0. The Morgan fingerprint density at radius 3 is 2.41 bits per heavy atom. The van der Waals surface area contributed by atoms with E-state index in [0.29, 0.717) is 30.2 Å². The molecule has 4 aromatic rings. The Balaban J connectivity index is 1.44.